The van der Waals surface area contributed by atoms with Gasteiger partial charge in [0.1, 0.15) is 5.82 Å². The van der Waals surface area contributed by atoms with E-state index in [4.69, 9.17) is 0 Å². The fourth-order valence-corrected chi connectivity index (χ4v) is 3.80. The van der Waals surface area contributed by atoms with Gasteiger partial charge in [-0.15, -0.1) is 11.8 Å². The van der Waals surface area contributed by atoms with E-state index in [-0.39, 0.29) is 17.0 Å². The maximum absolute atomic E-state index is 13.9. The monoisotopic (exact) mass is 380 g/mol. The zero-order valence-electron chi connectivity index (χ0n) is 11.8. The molecule has 0 aromatic heterocycles. The SMILES string of the molecule is C[C@@H]1CN(C(=O)Nc2ccc(Br)cc2F)c2ccccc2S1. The lowest BCUT2D eigenvalue weighted by Crippen LogP contribution is -2.41. The number of para-hydroxylation sites is 1. The summed E-state index contributed by atoms with van der Waals surface area (Å²) in [6, 6.07) is 12.0. The molecule has 1 heterocycles. The van der Waals surface area contributed by atoms with Gasteiger partial charge in [-0.2, -0.15) is 0 Å². The number of thioether (sulfide) groups is 1. The Morgan fingerprint density at radius 2 is 2.14 bits per heavy atom. The number of nitrogens with one attached hydrogen (secondary N) is 1. The number of carbonyl (C=O) groups is 1. The Balaban J connectivity index is 1.86. The van der Waals surface area contributed by atoms with Crippen LogP contribution in [0.15, 0.2) is 51.8 Å². The molecule has 1 aliphatic heterocycles. The molecule has 0 fully saturated rings. The Kier molecular flexibility index (Phi) is 4.40. The Bertz CT molecular complexity index is 725. The van der Waals surface area contributed by atoms with Crippen LogP contribution in [0.3, 0.4) is 0 Å². The van der Waals surface area contributed by atoms with Gasteiger partial charge in [-0.25, -0.2) is 9.18 Å². The first-order valence-corrected chi connectivity index (χ1v) is 8.51. The molecule has 1 aliphatic rings. The summed E-state index contributed by atoms with van der Waals surface area (Å²) in [6.45, 7) is 2.66. The molecule has 0 aliphatic carbocycles. The summed E-state index contributed by atoms with van der Waals surface area (Å²) in [6.07, 6.45) is 0. The molecule has 22 heavy (non-hydrogen) atoms. The number of nitrogens with zero attached hydrogens (tertiary/aromatic N) is 1. The van der Waals surface area contributed by atoms with Crippen LogP contribution in [0, 0.1) is 5.82 Å². The highest BCUT2D eigenvalue weighted by molar-refractivity contribution is 9.10. The molecule has 0 bridgehead atoms. The quantitative estimate of drug-likeness (QED) is 0.744. The third-order valence-electron chi connectivity index (χ3n) is 3.34. The third kappa shape index (κ3) is 3.13. The lowest BCUT2D eigenvalue weighted by Gasteiger charge is -2.32. The summed E-state index contributed by atoms with van der Waals surface area (Å²) in [5.74, 6) is -0.463. The predicted molar refractivity (Wildman–Crippen MR) is 92.2 cm³/mol. The number of amides is 2. The van der Waals surface area contributed by atoms with Gasteiger partial charge in [-0.05, 0) is 30.3 Å². The molecule has 0 spiro atoms. The normalized spacial score (nSPS) is 17.0. The predicted octanol–water partition coefficient (Wildman–Crippen LogP) is 5.12. The Labute approximate surface area is 141 Å². The maximum Gasteiger partial charge on any atom is 0.326 e. The van der Waals surface area contributed by atoms with E-state index in [9.17, 15) is 9.18 Å². The van der Waals surface area contributed by atoms with Crippen LogP contribution in [0.1, 0.15) is 6.92 Å². The zero-order valence-corrected chi connectivity index (χ0v) is 14.2. The van der Waals surface area contributed by atoms with E-state index in [0.29, 0.717) is 11.0 Å². The summed E-state index contributed by atoms with van der Waals surface area (Å²) >= 11 is 4.94. The van der Waals surface area contributed by atoms with E-state index in [0.717, 1.165) is 10.6 Å². The second-order valence-corrected chi connectivity index (χ2v) is 7.46. The smallest absolute Gasteiger partial charge is 0.305 e. The average Bonchev–Trinajstić information content (AvgIpc) is 2.49. The molecule has 0 saturated heterocycles. The van der Waals surface area contributed by atoms with Crippen molar-refractivity contribution in [2.75, 3.05) is 16.8 Å². The Morgan fingerprint density at radius 3 is 2.91 bits per heavy atom. The van der Waals surface area contributed by atoms with Crippen molar-refractivity contribution in [2.24, 2.45) is 0 Å². The first kappa shape index (κ1) is 15.4. The van der Waals surface area contributed by atoms with Crippen molar-refractivity contribution in [1.82, 2.24) is 0 Å². The standard InChI is InChI=1S/C16H14BrFN2OS/c1-10-9-20(14-4-2-3-5-15(14)22-10)16(21)19-13-7-6-11(17)8-12(13)18/h2-8,10H,9H2,1H3,(H,19,21)/t10-/m1/s1. The van der Waals surface area contributed by atoms with Crippen molar-refractivity contribution in [1.29, 1.82) is 0 Å². The number of carbonyl (C=O) groups excluding carboxylic acids is 1. The zero-order chi connectivity index (χ0) is 15.7. The molecular formula is C16H14BrFN2OS. The highest BCUT2D eigenvalue weighted by Gasteiger charge is 2.27. The number of hydrogen-bond donors (Lipinski definition) is 1. The lowest BCUT2D eigenvalue weighted by molar-refractivity contribution is 0.256. The van der Waals surface area contributed by atoms with Crippen LogP contribution in [-0.4, -0.2) is 17.8 Å². The van der Waals surface area contributed by atoms with Crippen molar-refractivity contribution >= 4 is 45.1 Å². The van der Waals surface area contributed by atoms with Crippen molar-refractivity contribution in [3.63, 3.8) is 0 Å². The number of rotatable bonds is 1. The van der Waals surface area contributed by atoms with Gasteiger partial charge in [0.15, 0.2) is 0 Å². The molecule has 3 rings (SSSR count). The van der Waals surface area contributed by atoms with Crippen LogP contribution >= 0.6 is 27.7 Å². The first-order valence-electron chi connectivity index (χ1n) is 6.84. The van der Waals surface area contributed by atoms with E-state index in [1.54, 1.807) is 28.8 Å². The van der Waals surface area contributed by atoms with E-state index in [1.807, 2.05) is 24.3 Å². The summed E-state index contributed by atoms with van der Waals surface area (Å²) in [5, 5.41) is 2.94. The second-order valence-electron chi connectivity index (χ2n) is 5.06. The third-order valence-corrected chi connectivity index (χ3v) is 4.99. The van der Waals surface area contributed by atoms with E-state index >= 15 is 0 Å². The molecule has 2 aromatic rings. The largest absolute Gasteiger partial charge is 0.326 e. The number of anilines is 2. The summed E-state index contributed by atoms with van der Waals surface area (Å²) in [7, 11) is 0. The molecule has 2 amide bonds. The molecule has 1 N–H and O–H groups in total. The molecule has 3 nitrogen and oxygen atoms in total. The topological polar surface area (TPSA) is 32.3 Å². The van der Waals surface area contributed by atoms with Gasteiger partial charge in [-0.1, -0.05) is 35.0 Å². The number of fused-ring (bicyclic) bond motifs is 1. The molecule has 114 valence electrons. The van der Waals surface area contributed by atoms with Gasteiger partial charge in [0.25, 0.3) is 0 Å². The molecular weight excluding hydrogens is 367 g/mol. The number of urea groups is 1. The fraction of sp³-hybridized carbons (Fsp3) is 0.188. The highest BCUT2D eigenvalue weighted by Crippen LogP contribution is 2.38. The van der Waals surface area contributed by atoms with Gasteiger partial charge in [0.05, 0.1) is 11.4 Å². The number of benzene rings is 2. The van der Waals surface area contributed by atoms with Gasteiger partial charge in [0, 0.05) is 21.2 Å². The molecule has 6 heteroatoms. The molecule has 0 radical (unpaired) electrons. The Morgan fingerprint density at radius 1 is 1.36 bits per heavy atom. The average molecular weight is 381 g/mol. The maximum atomic E-state index is 13.9. The van der Waals surface area contributed by atoms with Crippen LogP contribution in [0.4, 0.5) is 20.6 Å². The van der Waals surface area contributed by atoms with Crippen molar-refractivity contribution in [3.8, 4) is 0 Å². The van der Waals surface area contributed by atoms with Crippen molar-refractivity contribution < 1.29 is 9.18 Å². The van der Waals surface area contributed by atoms with E-state index < -0.39 is 5.82 Å². The van der Waals surface area contributed by atoms with Crippen LogP contribution in [-0.2, 0) is 0 Å². The van der Waals surface area contributed by atoms with Gasteiger partial charge in [-0.3, -0.25) is 4.90 Å². The van der Waals surface area contributed by atoms with E-state index in [2.05, 4.69) is 28.2 Å². The highest BCUT2D eigenvalue weighted by atomic mass is 79.9. The number of halogens is 2. The molecule has 1 atom stereocenters. The minimum atomic E-state index is -0.463. The summed E-state index contributed by atoms with van der Waals surface area (Å²) in [5.41, 5.74) is 1.04. The van der Waals surface area contributed by atoms with Crippen LogP contribution < -0.4 is 10.2 Å². The van der Waals surface area contributed by atoms with Crippen LogP contribution in [0.2, 0.25) is 0 Å². The summed E-state index contributed by atoms with van der Waals surface area (Å²) in [4.78, 5) is 15.3. The van der Waals surface area contributed by atoms with Gasteiger partial charge in [0.2, 0.25) is 0 Å². The van der Waals surface area contributed by atoms with Crippen molar-refractivity contribution in [2.45, 2.75) is 17.1 Å². The van der Waals surface area contributed by atoms with Crippen LogP contribution in [0.25, 0.3) is 0 Å². The lowest BCUT2D eigenvalue weighted by atomic mass is 10.2. The van der Waals surface area contributed by atoms with Gasteiger partial charge < -0.3 is 5.32 Å². The van der Waals surface area contributed by atoms with Crippen molar-refractivity contribution in [3.05, 3.63) is 52.8 Å². The van der Waals surface area contributed by atoms with Gasteiger partial charge >= 0.3 is 6.03 Å². The molecule has 2 aromatic carbocycles. The summed E-state index contributed by atoms with van der Waals surface area (Å²) < 4.78 is 14.5. The minimum Gasteiger partial charge on any atom is -0.305 e. The number of hydrogen-bond acceptors (Lipinski definition) is 2. The van der Waals surface area contributed by atoms with E-state index in [1.165, 1.54) is 6.07 Å². The molecule has 0 unspecified atom stereocenters. The first-order chi connectivity index (χ1) is 10.5. The Hall–Kier alpha value is -1.53. The molecule has 0 saturated carbocycles. The second kappa shape index (κ2) is 6.30. The minimum absolute atomic E-state index is 0.177. The fourth-order valence-electron chi connectivity index (χ4n) is 2.36. The van der Waals surface area contributed by atoms with Crippen LogP contribution in [0.5, 0.6) is 0 Å².